The molecular formula is C20H27N3S. The van der Waals surface area contributed by atoms with E-state index in [0.29, 0.717) is 11.3 Å². The zero-order valence-corrected chi connectivity index (χ0v) is 16.0. The molecule has 1 aromatic heterocycles. The van der Waals surface area contributed by atoms with Crippen LogP contribution in [0, 0.1) is 11.3 Å². The average Bonchev–Trinajstić information content (AvgIpc) is 3.06. The molecule has 24 heavy (non-hydrogen) atoms. The number of thiazole rings is 1. The molecule has 3 heterocycles. The summed E-state index contributed by atoms with van der Waals surface area (Å²) in [6.45, 7) is 10.3. The lowest BCUT2D eigenvalue weighted by Gasteiger charge is -2.23. The maximum atomic E-state index is 5.03. The Morgan fingerprint density at radius 1 is 1.29 bits per heavy atom. The van der Waals surface area contributed by atoms with Crippen molar-refractivity contribution in [2.45, 2.75) is 39.5 Å². The lowest BCUT2D eigenvalue weighted by molar-refractivity contribution is 0.324. The summed E-state index contributed by atoms with van der Waals surface area (Å²) in [5.41, 5.74) is 3.99. The first-order valence-electron chi connectivity index (χ1n) is 9.05. The van der Waals surface area contributed by atoms with Crippen molar-refractivity contribution in [1.82, 2.24) is 9.88 Å². The SMILES string of the molecule is CC1CCC(c2ccc3sc(C4CN(C)CC4(C)C)nc3c2)=NC1. The van der Waals surface area contributed by atoms with Gasteiger partial charge in [0.1, 0.15) is 0 Å². The van der Waals surface area contributed by atoms with Crippen LogP contribution in [-0.4, -0.2) is 42.3 Å². The van der Waals surface area contributed by atoms with Gasteiger partial charge in [-0.2, -0.15) is 0 Å². The van der Waals surface area contributed by atoms with E-state index in [4.69, 9.17) is 9.98 Å². The Morgan fingerprint density at radius 2 is 2.12 bits per heavy atom. The van der Waals surface area contributed by atoms with E-state index < -0.39 is 0 Å². The van der Waals surface area contributed by atoms with Crippen LogP contribution in [0.4, 0.5) is 0 Å². The summed E-state index contributed by atoms with van der Waals surface area (Å²) in [6.07, 6.45) is 2.35. The fourth-order valence-electron chi connectivity index (χ4n) is 4.17. The Bertz CT molecular complexity index is 789. The van der Waals surface area contributed by atoms with Gasteiger partial charge in [0.05, 0.1) is 15.2 Å². The minimum Gasteiger partial charge on any atom is -0.305 e. The first-order valence-corrected chi connectivity index (χ1v) is 9.87. The molecule has 2 aliphatic rings. The molecule has 4 rings (SSSR count). The molecule has 0 bridgehead atoms. The van der Waals surface area contributed by atoms with Crippen molar-refractivity contribution in [2.24, 2.45) is 16.3 Å². The minimum atomic E-state index is 0.301. The average molecular weight is 342 g/mol. The van der Waals surface area contributed by atoms with Crippen LogP contribution in [-0.2, 0) is 0 Å². The van der Waals surface area contributed by atoms with Crippen molar-refractivity contribution in [2.75, 3.05) is 26.7 Å². The first kappa shape index (κ1) is 16.2. The Hall–Kier alpha value is -1.26. The van der Waals surface area contributed by atoms with Gasteiger partial charge in [0.25, 0.3) is 0 Å². The highest BCUT2D eigenvalue weighted by molar-refractivity contribution is 7.18. The number of nitrogens with zero attached hydrogens (tertiary/aromatic N) is 3. The van der Waals surface area contributed by atoms with Crippen LogP contribution in [0.1, 0.15) is 50.1 Å². The van der Waals surface area contributed by atoms with Crippen LogP contribution in [0.15, 0.2) is 23.2 Å². The van der Waals surface area contributed by atoms with Crippen LogP contribution in [0.2, 0.25) is 0 Å². The maximum Gasteiger partial charge on any atom is 0.0988 e. The zero-order chi connectivity index (χ0) is 16.9. The van der Waals surface area contributed by atoms with Gasteiger partial charge in [-0.05, 0) is 48.9 Å². The second kappa shape index (κ2) is 5.92. The summed E-state index contributed by atoms with van der Waals surface area (Å²) in [5.74, 6) is 1.26. The van der Waals surface area contributed by atoms with Crippen LogP contribution >= 0.6 is 11.3 Å². The zero-order valence-electron chi connectivity index (χ0n) is 15.2. The molecule has 128 valence electrons. The second-order valence-electron chi connectivity index (χ2n) is 8.40. The van der Waals surface area contributed by atoms with E-state index in [-0.39, 0.29) is 0 Å². The molecule has 2 unspecified atom stereocenters. The summed E-state index contributed by atoms with van der Waals surface area (Å²) in [5, 5.41) is 1.30. The predicted molar refractivity (Wildman–Crippen MR) is 103 cm³/mol. The standard InChI is InChI=1S/C20H27N3S/c1-13-5-7-16(21-10-13)14-6-8-18-17(9-14)22-19(24-18)15-11-23(4)12-20(15,2)3/h6,8-9,13,15H,5,7,10-12H2,1-4H3. The highest BCUT2D eigenvalue weighted by Gasteiger charge is 2.40. The second-order valence-corrected chi connectivity index (χ2v) is 9.47. The fraction of sp³-hybridized carbons (Fsp3) is 0.600. The molecule has 0 amide bonds. The Morgan fingerprint density at radius 3 is 2.79 bits per heavy atom. The van der Waals surface area contributed by atoms with Crippen molar-refractivity contribution in [3.8, 4) is 0 Å². The van der Waals surface area contributed by atoms with Crippen LogP contribution in [0.3, 0.4) is 0 Å². The molecule has 1 aromatic carbocycles. The smallest absolute Gasteiger partial charge is 0.0988 e. The molecule has 3 nitrogen and oxygen atoms in total. The van der Waals surface area contributed by atoms with E-state index in [9.17, 15) is 0 Å². The molecule has 1 fully saturated rings. The molecular weight excluding hydrogens is 314 g/mol. The Balaban J connectivity index is 1.67. The van der Waals surface area contributed by atoms with Crippen molar-refractivity contribution in [1.29, 1.82) is 0 Å². The maximum absolute atomic E-state index is 5.03. The van der Waals surface area contributed by atoms with Crippen LogP contribution in [0.5, 0.6) is 0 Å². The number of hydrogen-bond acceptors (Lipinski definition) is 4. The van der Waals surface area contributed by atoms with Crippen molar-refractivity contribution in [3.05, 3.63) is 28.8 Å². The van der Waals surface area contributed by atoms with Gasteiger partial charge in [-0.15, -0.1) is 11.3 Å². The number of aliphatic imine (C=N–C) groups is 1. The van der Waals surface area contributed by atoms with Gasteiger partial charge in [0.15, 0.2) is 0 Å². The van der Waals surface area contributed by atoms with E-state index >= 15 is 0 Å². The topological polar surface area (TPSA) is 28.5 Å². The summed E-state index contributed by atoms with van der Waals surface area (Å²) >= 11 is 1.88. The van der Waals surface area contributed by atoms with E-state index in [2.05, 4.69) is 50.9 Å². The van der Waals surface area contributed by atoms with Crippen LogP contribution < -0.4 is 0 Å². The largest absolute Gasteiger partial charge is 0.305 e. The summed E-state index contributed by atoms with van der Waals surface area (Å²) in [4.78, 5) is 12.3. The minimum absolute atomic E-state index is 0.301. The summed E-state index contributed by atoms with van der Waals surface area (Å²) < 4.78 is 1.31. The van der Waals surface area contributed by atoms with Crippen LogP contribution in [0.25, 0.3) is 10.2 Å². The summed E-state index contributed by atoms with van der Waals surface area (Å²) in [6, 6.07) is 6.75. The molecule has 1 saturated heterocycles. The van der Waals surface area contributed by atoms with E-state index in [0.717, 1.165) is 37.5 Å². The molecule has 0 saturated carbocycles. The molecule has 0 spiro atoms. The van der Waals surface area contributed by atoms with Gasteiger partial charge < -0.3 is 4.90 Å². The Labute approximate surface area is 148 Å². The fourth-order valence-corrected chi connectivity index (χ4v) is 5.42. The molecule has 4 heteroatoms. The monoisotopic (exact) mass is 341 g/mol. The van der Waals surface area contributed by atoms with Gasteiger partial charge in [0, 0.05) is 31.3 Å². The number of hydrogen-bond donors (Lipinski definition) is 0. The molecule has 0 radical (unpaired) electrons. The number of aromatic nitrogens is 1. The third kappa shape index (κ3) is 2.91. The number of likely N-dealkylation sites (tertiary alicyclic amines) is 1. The lowest BCUT2D eigenvalue weighted by atomic mass is 9.82. The molecule has 2 aliphatic heterocycles. The number of likely N-dealkylation sites (N-methyl/N-ethyl adjacent to an activating group) is 1. The number of rotatable bonds is 2. The highest BCUT2D eigenvalue weighted by atomic mass is 32.1. The van der Waals surface area contributed by atoms with Crippen molar-refractivity contribution in [3.63, 3.8) is 0 Å². The molecule has 0 aliphatic carbocycles. The lowest BCUT2D eigenvalue weighted by Crippen LogP contribution is -2.21. The van der Waals surface area contributed by atoms with Crippen molar-refractivity contribution >= 4 is 27.3 Å². The van der Waals surface area contributed by atoms with Gasteiger partial charge in [-0.25, -0.2) is 4.98 Å². The van der Waals surface area contributed by atoms with Crippen molar-refractivity contribution < 1.29 is 0 Å². The van der Waals surface area contributed by atoms with E-state index in [1.165, 1.54) is 27.4 Å². The Kier molecular flexibility index (Phi) is 4.00. The van der Waals surface area contributed by atoms with Gasteiger partial charge >= 0.3 is 0 Å². The van der Waals surface area contributed by atoms with Gasteiger partial charge in [-0.1, -0.05) is 26.8 Å². The third-order valence-electron chi connectivity index (χ3n) is 5.62. The molecule has 2 aromatic rings. The van der Waals surface area contributed by atoms with Gasteiger partial charge in [-0.3, -0.25) is 4.99 Å². The third-order valence-corrected chi connectivity index (χ3v) is 6.77. The predicted octanol–water partition coefficient (Wildman–Crippen LogP) is 4.57. The quantitative estimate of drug-likeness (QED) is 0.800. The normalized spacial score (nSPS) is 27.6. The number of fused-ring (bicyclic) bond motifs is 1. The highest BCUT2D eigenvalue weighted by Crippen LogP contribution is 2.44. The van der Waals surface area contributed by atoms with E-state index in [1.54, 1.807) is 0 Å². The molecule has 2 atom stereocenters. The van der Waals surface area contributed by atoms with E-state index in [1.807, 2.05) is 11.3 Å². The number of benzene rings is 1. The first-order chi connectivity index (χ1) is 11.4. The molecule has 0 N–H and O–H groups in total. The summed E-state index contributed by atoms with van der Waals surface area (Å²) in [7, 11) is 2.22. The van der Waals surface area contributed by atoms with Gasteiger partial charge in [0.2, 0.25) is 0 Å².